The van der Waals surface area contributed by atoms with Crippen LogP contribution in [0.5, 0.6) is 23.0 Å². The summed E-state index contributed by atoms with van der Waals surface area (Å²) in [6, 6.07) is 43.2. The maximum Gasteiger partial charge on any atom is 0.341 e. The molecule has 340 valence electrons. The molecule has 4 aliphatic heterocycles. The minimum atomic E-state index is -1.29. The fourth-order valence-corrected chi connectivity index (χ4v) is 11.2. The van der Waals surface area contributed by atoms with Crippen molar-refractivity contribution in [2.45, 2.75) is 69.5 Å². The number of thioether (sulfide) groups is 1. The number of Topliss-reactive ketones (excluding diaryl/α,β-unsaturated/α-hetero) is 1. The summed E-state index contributed by atoms with van der Waals surface area (Å²) < 4.78 is 26.3. The molecule has 1 unspecified atom stereocenters. The summed E-state index contributed by atoms with van der Waals surface area (Å²) in [7, 11) is 2.01. The number of amides is 1. The second-order valence-corrected chi connectivity index (χ2v) is 19.2. The van der Waals surface area contributed by atoms with E-state index in [2.05, 4.69) is 30.0 Å². The standard InChI is InChI=1S/C56H51ClN2O7S/c1-3-4-5-10-16-39-28-47-51(65-50-29-41(58(2)40-17-11-7-12-18-40)23-26-45(50)56(47)46-19-13-20-48(57)52(46)55(62)66-56)31-49(39)64-33-37-21-24-43(25-22-37)63-34-38-32-59-53(61)44(54(59)67-35-38)30-42(60)27-36-14-8-6-9-15-36/h6-9,11-15,17-26,28-29,31-32,44,54H,3-5,10,16,27,30,33-35H2,1-2H3/t44-,54-,56?/m0/s1. The fraction of sp³-hybridized carbons (Fsp3) is 0.268. The van der Waals surface area contributed by atoms with Crippen molar-refractivity contribution in [1.82, 2.24) is 4.90 Å². The van der Waals surface area contributed by atoms with E-state index in [1.807, 2.05) is 122 Å². The smallest absolute Gasteiger partial charge is 0.341 e. The van der Waals surface area contributed by atoms with E-state index in [1.165, 1.54) is 0 Å². The van der Waals surface area contributed by atoms with E-state index in [1.54, 1.807) is 22.7 Å². The molecule has 0 radical (unpaired) electrons. The summed E-state index contributed by atoms with van der Waals surface area (Å²) in [5.41, 5.74) is 7.07. The number of aryl methyl sites for hydroxylation is 1. The molecular weight excluding hydrogens is 880 g/mol. The molecule has 1 spiro atoms. The van der Waals surface area contributed by atoms with Crippen molar-refractivity contribution in [3.05, 3.63) is 189 Å². The minimum absolute atomic E-state index is 0.00239. The highest BCUT2D eigenvalue weighted by atomic mass is 35.5. The molecule has 10 rings (SSSR count). The summed E-state index contributed by atoms with van der Waals surface area (Å²) in [5, 5.41) is 0.331. The van der Waals surface area contributed by atoms with Crippen molar-refractivity contribution in [3.8, 4) is 23.0 Å². The van der Waals surface area contributed by atoms with E-state index in [-0.39, 0.29) is 29.4 Å². The summed E-state index contributed by atoms with van der Waals surface area (Å²) in [6.45, 7) is 2.86. The lowest BCUT2D eigenvalue weighted by atomic mass is 9.77. The first kappa shape index (κ1) is 44.4. The molecule has 0 N–H and O–H groups in total. The van der Waals surface area contributed by atoms with Gasteiger partial charge in [-0.15, -0.1) is 11.8 Å². The number of fused-ring (bicyclic) bond motifs is 7. The Balaban J connectivity index is 0.862. The lowest BCUT2D eigenvalue weighted by Crippen LogP contribution is -2.58. The molecule has 1 amide bonds. The molecule has 3 atom stereocenters. The monoisotopic (exact) mass is 930 g/mol. The zero-order valence-corrected chi connectivity index (χ0v) is 39.1. The number of halogens is 1. The van der Waals surface area contributed by atoms with Gasteiger partial charge in [-0.3, -0.25) is 9.59 Å². The lowest BCUT2D eigenvalue weighted by molar-refractivity contribution is -0.148. The molecular formula is C56H51ClN2O7S. The summed E-state index contributed by atoms with van der Waals surface area (Å²) in [5.74, 6) is 2.58. The average Bonchev–Trinajstić information content (AvgIpc) is 3.66. The Hall–Kier alpha value is -6.49. The van der Waals surface area contributed by atoms with Crippen LogP contribution in [0.3, 0.4) is 0 Å². The van der Waals surface area contributed by atoms with Crippen molar-refractivity contribution in [2.75, 3.05) is 24.3 Å². The molecule has 6 aromatic rings. The number of para-hydroxylation sites is 1. The van der Waals surface area contributed by atoms with Crippen LogP contribution in [-0.2, 0) is 39.4 Å². The number of hydrogen-bond acceptors (Lipinski definition) is 9. The van der Waals surface area contributed by atoms with Gasteiger partial charge in [0.1, 0.15) is 42.0 Å². The molecule has 0 aromatic heterocycles. The molecule has 0 saturated carbocycles. The second-order valence-electron chi connectivity index (χ2n) is 17.6. The topological polar surface area (TPSA) is 94.6 Å². The Bertz CT molecular complexity index is 2870. The predicted molar refractivity (Wildman–Crippen MR) is 263 cm³/mol. The zero-order chi connectivity index (χ0) is 46.1. The Labute approximate surface area is 400 Å². The first-order chi connectivity index (χ1) is 32.7. The van der Waals surface area contributed by atoms with Crippen LogP contribution in [0.1, 0.15) is 82.8 Å². The summed E-state index contributed by atoms with van der Waals surface area (Å²) >= 11 is 8.42. The summed E-state index contributed by atoms with van der Waals surface area (Å²) in [4.78, 5) is 43.5. The van der Waals surface area contributed by atoms with Crippen LogP contribution in [0, 0.1) is 5.92 Å². The highest BCUT2D eigenvalue weighted by molar-refractivity contribution is 8.00. The molecule has 1 saturated heterocycles. The summed E-state index contributed by atoms with van der Waals surface area (Å²) in [6.07, 6.45) is 7.57. The van der Waals surface area contributed by atoms with Crippen LogP contribution >= 0.6 is 23.4 Å². The Morgan fingerprint density at radius 1 is 0.791 bits per heavy atom. The van der Waals surface area contributed by atoms with Crippen LogP contribution in [0.2, 0.25) is 5.02 Å². The van der Waals surface area contributed by atoms with E-state index in [0.717, 1.165) is 82.6 Å². The van der Waals surface area contributed by atoms with Crippen LogP contribution in [0.4, 0.5) is 11.4 Å². The first-order valence-electron chi connectivity index (χ1n) is 23.0. The molecule has 11 heteroatoms. The van der Waals surface area contributed by atoms with Gasteiger partial charge in [0.25, 0.3) is 0 Å². The Morgan fingerprint density at radius 2 is 1.57 bits per heavy atom. The van der Waals surface area contributed by atoms with Gasteiger partial charge in [-0.05, 0) is 83.6 Å². The van der Waals surface area contributed by atoms with E-state index in [4.69, 9.17) is 30.5 Å². The number of carbonyl (C=O) groups is 3. The van der Waals surface area contributed by atoms with Crippen LogP contribution in [0.25, 0.3) is 0 Å². The number of carbonyl (C=O) groups excluding carboxylic acids is 3. The van der Waals surface area contributed by atoms with E-state index in [9.17, 15) is 14.4 Å². The van der Waals surface area contributed by atoms with Gasteiger partial charge in [-0.25, -0.2) is 4.79 Å². The Morgan fingerprint density at radius 3 is 2.36 bits per heavy atom. The minimum Gasteiger partial charge on any atom is -0.489 e. The van der Waals surface area contributed by atoms with Gasteiger partial charge >= 0.3 is 5.97 Å². The van der Waals surface area contributed by atoms with Gasteiger partial charge < -0.3 is 28.7 Å². The number of ether oxygens (including phenoxy) is 4. The maximum absolute atomic E-state index is 13.8. The lowest BCUT2D eigenvalue weighted by Gasteiger charge is -2.47. The third kappa shape index (κ3) is 8.69. The number of hydrogen-bond donors (Lipinski definition) is 0. The van der Waals surface area contributed by atoms with Crippen LogP contribution in [0.15, 0.2) is 145 Å². The van der Waals surface area contributed by atoms with Crippen molar-refractivity contribution in [3.63, 3.8) is 0 Å². The highest BCUT2D eigenvalue weighted by Gasteiger charge is 2.55. The second kappa shape index (κ2) is 19.0. The molecule has 67 heavy (non-hydrogen) atoms. The van der Waals surface area contributed by atoms with Gasteiger partial charge in [-0.2, -0.15) is 0 Å². The number of unbranched alkanes of at least 4 members (excludes halogenated alkanes) is 3. The van der Waals surface area contributed by atoms with Crippen molar-refractivity contribution < 1.29 is 33.3 Å². The van der Waals surface area contributed by atoms with Crippen molar-refractivity contribution >= 4 is 52.4 Å². The van der Waals surface area contributed by atoms with E-state index in [0.29, 0.717) is 58.8 Å². The zero-order valence-electron chi connectivity index (χ0n) is 37.5. The first-order valence-corrected chi connectivity index (χ1v) is 24.5. The number of esters is 1. The largest absolute Gasteiger partial charge is 0.489 e. The normalized spacial score (nSPS) is 18.7. The van der Waals surface area contributed by atoms with Gasteiger partial charge in [0.2, 0.25) is 5.91 Å². The number of nitrogens with zero attached hydrogens (tertiary/aromatic N) is 2. The molecule has 4 heterocycles. The molecule has 1 fully saturated rings. The molecule has 9 nitrogen and oxygen atoms in total. The molecule has 4 aliphatic rings. The predicted octanol–water partition coefficient (Wildman–Crippen LogP) is 12.4. The van der Waals surface area contributed by atoms with E-state index < -0.39 is 11.6 Å². The number of rotatable bonds is 17. The molecule has 0 bridgehead atoms. The Kier molecular flexibility index (Phi) is 12.6. The highest BCUT2D eigenvalue weighted by Crippen LogP contribution is 2.58. The average molecular weight is 932 g/mol. The van der Waals surface area contributed by atoms with Crippen LogP contribution < -0.4 is 19.1 Å². The quantitative estimate of drug-likeness (QED) is 0.0503. The van der Waals surface area contributed by atoms with Crippen LogP contribution in [-0.4, -0.2) is 47.3 Å². The maximum atomic E-state index is 13.8. The third-order valence-corrected chi connectivity index (χ3v) is 14.9. The SMILES string of the molecule is CCCCCCc1cc2c(cc1OCc1ccc(OCC3=CN4C(=O)[C@H](CC(=O)Cc5ccccc5)[C@@H]4SC3)cc1)Oc1cc(N(C)c3ccccc3)ccc1C21OC(=O)c2c(Cl)cccc21. The molecule has 6 aromatic carbocycles. The van der Waals surface area contributed by atoms with Crippen molar-refractivity contribution in [2.24, 2.45) is 5.92 Å². The number of β-lactam (4-membered cyclic amide) rings is 1. The van der Waals surface area contributed by atoms with Gasteiger partial charge in [0.05, 0.1) is 21.9 Å². The third-order valence-electron chi connectivity index (χ3n) is 13.2. The number of benzene rings is 6. The number of ketones is 1. The fourth-order valence-electron chi connectivity index (χ4n) is 9.60. The number of anilines is 2. The van der Waals surface area contributed by atoms with Crippen molar-refractivity contribution in [1.29, 1.82) is 0 Å². The van der Waals surface area contributed by atoms with E-state index >= 15 is 0 Å². The van der Waals surface area contributed by atoms with Gasteiger partial charge in [0.15, 0.2) is 5.60 Å². The molecule has 0 aliphatic carbocycles. The van der Waals surface area contributed by atoms with Gasteiger partial charge in [0, 0.05) is 72.0 Å². The van der Waals surface area contributed by atoms with Gasteiger partial charge in [-0.1, -0.05) is 111 Å².